The van der Waals surface area contributed by atoms with Gasteiger partial charge in [-0.3, -0.25) is 4.79 Å². The van der Waals surface area contributed by atoms with Gasteiger partial charge in [-0.05, 0) is 32.1 Å². The molecule has 0 amide bonds. The van der Waals surface area contributed by atoms with E-state index in [0.717, 1.165) is 19.3 Å². The lowest BCUT2D eigenvalue weighted by molar-refractivity contribution is 0.521. The van der Waals surface area contributed by atoms with Crippen molar-refractivity contribution in [1.29, 1.82) is 0 Å². The number of allylic oxidation sites excluding steroid dienone is 2. The second kappa shape index (κ2) is 4.32. The molecule has 1 aliphatic carbocycles. The predicted molar refractivity (Wildman–Crippen MR) is 46.0 cm³/mol. The molecular weight excluding hydrogens is 136 g/mol. The minimum Gasteiger partial charge on any atom is -0.290 e. The molecule has 1 radical (unpaired) electrons. The molecular formula is C10H15O. The van der Waals surface area contributed by atoms with E-state index in [9.17, 15) is 4.79 Å². The van der Waals surface area contributed by atoms with Crippen LogP contribution in [-0.2, 0) is 4.79 Å². The maximum Gasteiger partial charge on any atom is 0.206 e. The summed E-state index contributed by atoms with van der Waals surface area (Å²) in [6.45, 7) is 2.05. The summed E-state index contributed by atoms with van der Waals surface area (Å²) in [5, 5.41) is 0. The summed E-state index contributed by atoms with van der Waals surface area (Å²) < 4.78 is 0. The van der Waals surface area contributed by atoms with E-state index in [0.29, 0.717) is 0 Å². The van der Waals surface area contributed by atoms with Crippen molar-refractivity contribution in [2.24, 2.45) is 5.92 Å². The second-order valence-electron chi connectivity index (χ2n) is 3.10. The van der Waals surface area contributed by atoms with Gasteiger partial charge in [0.1, 0.15) is 0 Å². The highest BCUT2D eigenvalue weighted by molar-refractivity contribution is 5.59. The van der Waals surface area contributed by atoms with Gasteiger partial charge in [0.25, 0.3) is 0 Å². The average molecular weight is 151 g/mol. The Labute approximate surface area is 68.5 Å². The fourth-order valence-corrected chi connectivity index (χ4v) is 1.60. The Bertz CT molecular complexity index is 158. The molecule has 0 fully saturated rings. The third-order valence-electron chi connectivity index (χ3n) is 2.32. The minimum atomic E-state index is 0.0929. The quantitative estimate of drug-likeness (QED) is 0.567. The first-order valence-corrected chi connectivity index (χ1v) is 4.45. The smallest absolute Gasteiger partial charge is 0.206 e. The number of hydrogen-bond donors (Lipinski definition) is 0. The zero-order chi connectivity index (χ0) is 8.10. The Morgan fingerprint density at radius 3 is 2.91 bits per heavy atom. The van der Waals surface area contributed by atoms with Crippen LogP contribution in [-0.4, -0.2) is 6.29 Å². The zero-order valence-electron chi connectivity index (χ0n) is 7.10. The van der Waals surface area contributed by atoms with Crippen LogP contribution in [0.4, 0.5) is 0 Å². The van der Waals surface area contributed by atoms with Gasteiger partial charge in [-0.1, -0.05) is 18.6 Å². The van der Waals surface area contributed by atoms with Crippen molar-refractivity contribution in [3.8, 4) is 0 Å². The third-order valence-corrected chi connectivity index (χ3v) is 2.32. The molecule has 0 spiro atoms. The first kappa shape index (κ1) is 8.51. The van der Waals surface area contributed by atoms with Crippen LogP contribution in [0.1, 0.15) is 39.0 Å². The summed E-state index contributed by atoms with van der Waals surface area (Å²) in [5.41, 5.74) is 1.33. The summed E-state index contributed by atoms with van der Waals surface area (Å²) in [7, 11) is 0. The van der Waals surface area contributed by atoms with Crippen molar-refractivity contribution in [3.63, 3.8) is 0 Å². The maximum absolute atomic E-state index is 10.5. The molecule has 0 saturated carbocycles. The average Bonchev–Trinajstić information content (AvgIpc) is 2.09. The molecule has 0 aromatic heterocycles. The lowest BCUT2D eigenvalue weighted by Gasteiger charge is -2.16. The Morgan fingerprint density at radius 2 is 2.45 bits per heavy atom. The van der Waals surface area contributed by atoms with Crippen LogP contribution in [0.2, 0.25) is 0 Å². The van der Waals surface area contributed by atoms with E-state index in [4.69, 9.17) is 0 Å². The van der Waals surface area contributed by atoms with Crippen molar-refractivity contribution in [2.45, 2.75) is 39.0 Å². The largest absolute Gasteiger partial charge is 0.290 e. The van der Waals surface area contributed by atoms with Crippen molar-refractivity contribution >= 4 is 6.29 Å². The molecule has 0 heterocycles. The van der Waals surface area contributed by atoms with Crippen LogP contribution in [0.5, 0.6) is 0 Å². The van der Waals surface area contributed by atoms with Crippen LogP contribution in [0.15, 0.2) is 11.6 Å². The van der Waals surface area contributed by atoms with Crippen molar-refractivity contribution < 1.29 is 4.79 Å². The fraction of sp³-hybridized carbons (Fsp3) is 0.700. The number of hydrogen-bond acceptors (Lipinski definition) is 1. The fourth-order valence-electron chi connectivity index (χ4n) is 1.60. The molecule has 0 aromatic carbocycles. The van der Waals surface area contributed by atoms with Crippen molar-refractivity contribution in [3.05, 3.63) is 11.6 Å². The van der Waals surface area contributed by atoms with Gasteiger partial charge in [0, 0.05) is 5.92 Å². The van der Waals surface area contributed by atoms with Crippen LogP contribution in [0.3, 0.4) is 0 Å². The van der Waals surface area contributed by atoms with Gasteiger partial charge in [-0.2, -0.15) is 0 Å². The number of rotatable bonds is 3. The Morgan fingerprint density at radius 1 is 1.64 bits per heavy atom. The van der Waals surface area contributed by atoms with Crippen LogP contribution >= 0.6 is 0 Å². The summed E-state index contributed by atoms with van der Waals surface area (Å²) >= 11 is 0. The highest BCUT2D eigenvalue weighted by Crippen LogP contribution is 2.24. The van der Waals surface area contributed by atoms with E-state index in [1.807, 2.05) is 6.92 Å². The molecule has 0 aromatic rings. The van der Waals surface area contributed by atoms with Crippen LogP contribution in [0, 0.1) is 5.92 Å². The van der Waals surface area contributed by atoms with E-state index in [1.54, 1.807) is 0 Å². The topological polar surface area (TPSA) is 17.1 Å². The summed E-state index contributed by atoms with van der Waals surface area (Å²) in [6.07, 6.45) is 10.1. The SMILES string of the molecule is CCC([C]=O)C1=CCCCC1. The van der Waals surface area contributed by atoms with E-state index in [2.05, 4.69) is 12.4 Å². The molecule has 61 valence electrons. The van der Waals surface area contributed by atoms with Gasteiger partial charge >= 0.3 is 0 Å². The molecule has 0 bridgehead atoms. The van der Waals surface area contributed by atoms with E-state index in [-0.39, 0.29) is 5.92 Å². The molecule has 1 nitrogen and oxygen atoms in total. The minimum absolute atomic E-state index is 0.0929. The highest BCUT2D eigenvalue weighted by Gasteiger charge is 2.13. The molecule has 11 heavy (non-hydrogen) atoms. The lowest BCUT2D eigenvalue weighted by atomic mass is 9.89. The molecule has 0 aliphatic heterocycles. The molecule has 1 unspecified atom stereocenters. The van der Waals surface area contributed by atoms with Crippen molar-refractivity contribution in [2.75, 3.05) is 0 Å². The Kier molecular flexibility index (Phi) is 3.34. The van der Waals surface area contributed by atoms with Crippen molar-refractivity contribution in [1.82, 2.24) is 0 Å². The van der Waals surface area contributed by atoms with E-state index < -0.39 is 0 Å². The molecule has 1 rings (SSSR count). The molecule has 1 atom stereocenters. The standard InChI is InChI=1S/C10H15O/c1-2-9(8-11)10-6-4-3-5-7-10/h6,9H,2-5,7H2,1H3. The first-order chi connectivity index (χ1) is 5.38. The van der Waals surface area contributed by atoms with Gasteiger partial charge in [-0.15, -0.1) is 0 Å². The van der Waals surface area contributed by atoms with E-state index >= 15 is 0 Å². The Hall–Kier alpha value is -0.590. The van der Waals surface area contributed by atoms with Gasteiger partial charge in [-0.25, -0.2) is 0 Å². The first-order valence-electron chi connectivity index (χ1n) is 4.45. The normalized spacial score (nSPS) is 20.6. The van der Waals surface area contributed by atoms with Crippen LogP contribution < -0.4 is 0 Å². The predicted octanol–water partition coefficient (Wildman–Crippen LogP) is 2.62. The van der Waals surface area contributed by atoms with E-state index in [1.165, 1.54) is 18.4 Å². The summed E-state index contributed by atoms with van der Waals surface area (Å²) in [4.78, 5) is 10.5. The summed E-state index contributed by atoms with van der Waals surface area (Å²) in [6, 6.07) is 0. The maximum atomic E-state index is 10.5. The Balaban J connectivity index is 2.55. The lowest BCUT2D eigenvalue weighted by Crippen LogP contribution is -2.06. The molecule has 1 heteroatoms. The zero-order valence-corrected chi connectivity index (χ0v) is 7.10. The second-order valence-corrected chi connectivity index (χ2v) is 3.10. The third kappa shape index (κ3) is 2.18. The van der Waals surface area contributed by atoms with Gasteiger partial charge in [0.05, 0.1) is 0 Å². The molecule has 1 aliphatic rings. The van der Waals surface area contributed by atoms with Gasteiger partial charge < -0.3 is 0 Å². The molecule has 0 N–H and O–H groups in total. The highest BCUT2D eigenvalue weighted by atomic mass is 16.1. The number of carbonyl (C=O) groups excluding carboxylic acids is 1. The monoisotopic (exact) mass is 151 g/mol. The van der Waals surface area contributed by atoms with Gasteiger partial charge in [0.2, 0.25) is 6.29 Å². The molecule has 0 saturated heterocycles. The summed E-state index contributed by atoms with van der Waals surface area (Å²) in [5.74, 6) is 0.0929. The van der Waals surface area contributed by atoms with Crippen LogP contribution in [0.25, 0.3) is 0 Å². The van der Waals surface area contributed by atoms with Gasteiger partial charge in [0.15, 0.2) is 0 Å².